The summed E-state index contributed by atoms with van der Waals surface area (Å²) in [5.74, 6) is 1.93. The zero-order chi connectivity index (χ0) is 24.6. The molecule has 0 spiro atoms. The van der Waals surface area contributed by atoms with Crippen LogP contribution in [-0.2, 0) is 0 Å². The Hall–Kier alpha value is -1.16. The van der Waals surface area contributed by atoms with Gasteiger partial charge in [-0.05, 0) is 96.4 Å². The Balaban J connectivity index is 1.51. The third-order valence-electron chi connectivity index (χ3n) is 11.0. The molecule has 0 aromatic carbocycles. The van der Waals surface area contributed by atoms with Crippen LogP contribution in [0.25, 0.3) is 0 Å². The topological polar surface area (TPSA) is 50.4 Å². The van der Waals surface area contributed by atoms with Gasteiger partial charge in [0.05, 0.1) is 0 Å². The molecule has 0 aromatic rings. The molecule has 0 unspecified atom stereocenters. The number of unbranched alkanes of at least 4 members (excludes halogenated alkanes) is 5. The van der Waals surface area contributed by atoms with Gasteiger partial charge in [-0.1, -0.05) is 85.3 Å². The molecule has 2 fully saturated rings. The van der Waals surface area contributed by atoms with Gasteiger partial charge in [0.15, 0.2) is 5.11 Å². The summed E-state index contributed by atoms with van der Waals surface area (Å²) in [7, 11) is 0. The molecule has 4 heteroatoms. The fourth-order valence-electron chi connectivity index (χ4n) is 8.50. The molecule has 3 nitrogen and oxygen atoms in total. The Labute approximate surface area is 214 Å². The van der Waals surface area contributed by atoms with Crippen LogP contribution in [0.2, 0.25) is 0 Å². The van der Waals surface area contributed by atoms with E-state index in [9.17, 15) is 0 Å². The third-order valence-corrected chi connectivity index (χ3v) is 11.1. The number of fused-ring (bicyclic) bond motifs is 5. The first kappa shape index (κ1) is 25.9. The Morgan fingerprint density at radius 1 is 1.09 bits per heavy atom. The number of thiocarbonyl (C=S) groups is 1. The lowest BCUT2D eigenvalue weighted by atomic mass is 9.46. The van der Waals surface area contributed by atoms with Crippen LogP contribution in [0.3, 0.4) is 0 Å². The van der Waals surface area contributed by atoms with Gasteiger partial charge in [-0.25, -0.2) is 0 Å². The fraction of sp³-hybridized carbons (Fsp3) is 0.800. The number of hydrazone groups is 1. The summed E-state index contributed by atoms with van der Waals surface area (Å²) in [6, 6.07) is 0. The van der Waals surface area contributed by atoms with Gasteiger partial charge in [0, 0.05) is 11.6 Å². The van der Waals surface area contributed by atoms with Gasteiger partial charge in [-0.15, -0.1) is 0 Å². The lowest BCUT2D eigenvalue weighted by molar-refractivity contribution is 0.0703. The van der Waals surface area contributed by atoms with E-state index in [4.69, 9.17) is 18.0 Å². The van der Waals surface area contributed by atoms with E-state index in [2.05, 4.69) is 57.3 Å². The smallest absolute Gasteiger partial charge is 0.184 e. The maximum absolute atomic E-state index is 5.64. The van der Waals surface area contributed by atoms with E-state index in [1.54, 1.807) is 11.1 Å². The van der Waals surface area contributed by atoms with Crippen molar-refractivity contribution in [2.24, 2.45) is 44.8 Å². The Morgan fingerprint density at radius 2 is 1.82 bits per heavy atom. The van der Waals surface area contributed by atoms with Gasteiger partial charge in [0.25, 0.3) is 0 Å². The number of hydrogen-bond donors (Lipinski definition) is 2. The molecule has 4 aliphatic rings. The largest absolute Gasteiger partial charge is 0.375 e. The van der Waals surface area contributed by atoms with Crippen LogP contribution in [0.1, 0.15) is 118 Å². The molecule has 0 aliphatic heterocycles. The van der Waals surface area contributed by atoms with Crippen LogP contribution in [-0.4, -0.2) is 10.8 Å². The predicted molar refractivity (Wildman–Crippen MR) is 150 cm³/mol. The number of nitrogens with two attached hydrogens (primary N) is 1. The second-order valence-electron chi connectivity index (χ2n) is 12.6. The van der Waals surface area contributed by atoms with Crippen LogP contribution < -0.4 is 11.2 Å². The zero-order valence-electron chi connectivity index (χ0n) is 22.5. The van der Waals surface area contributed by atoms with E-state index in [0.29, 0.717) is 22.7 Å². The van der Waals surface area contributed by atoms with Crippen molar-refractivity contribution in [1.29, 1.82) is 0 Å². The Bertz CT molecular complexity index is 872. The number of nitrogens with zero attached hydrogens (tertiary/aromatic N) is 1. The molecule has 2 saturated carbocycles. The summed E-state index contributed by atoms with van der Waals surface area (Å²) >= 11 is 4.98. The minimum absolute atomic E-state index is 0.257. The van der Waals surface area contributed by atoms with Gasteiger partial charge < -0.3 is 5.73 Å². The summed E-state index contributed by atoms with van der Waals surface area (Å²) in [4.78, 5) is 0. The van der Waals surface area contributed by atoms with Gasteiger partial charge in [-0.2, -0.15) is 5.10 Å². The van der Waals surface area contributed by atoms with E-state index in [0.717, 1.165) is 12.3 Å². The van der Waals surface area contributed by atoms with Crippen LogP contribution in [0.15, 0.2) is 28.4 Å². The lowest BCUT2D eigenvalue weighted by Crippen LogP contribution is -2.50. The van der Waals surface area contributed by atoms with Crippen molar-refractivity contribution in [3.05, 3.63) is 23.3 Å². The van der Waals surface area contributed by atoms with Crippen molar-refractivity contribution < 1.29 is 0 Å². The maximum atomic E-state index is 5.64. The Kier molecular flexibility index (Phi) is 7.68. The molecule has 190 valence electrons. The lowest BCUT2D eigenvalue weighted by Gasteiger charge is -2.58. The maximum Gasteiger partial charge on any atom is 0.184 e. The molecule has 6 atom stereocenters. The average molecular weight is 484 g/mol. The van der Waals surface area contributed by atoms with E-state index < -0.39 is 0 Å². The van der Waals surface area contributed by atoms with Crippen molar-refractivity contribution in [3.63, 3.8) is 0 Å². The van der Waals surface area contributed by atoms with E-state index in [1.807, 2.05) is 0 Å². The van der Waals surface area contributed by atoms with Crippen LogP contribution in [0.5, 0.6) is 0 Å². The summed E-state index contributed by atoms with van der Waals surface area (Å²) in [6.45, 7) is 12.5. The van der Waals surface area contributed by atoms with Crippen molar-refractivity contribution in [2.45, 2.75) is 118 Å². The third kappa shape index (κ3) is 4.31. The first-order chi connectivity index (χ1) is 16.2. The molecule has 4 aliphatic carbocycles. The Morgan fingerprint density at radius 3 is 2.56 bits per heavy atom. The summed E-state index contributed by atoms with van der Waals surface area (Å²) < 4.78 is 0. The highest BCUT2D eigenvalue weighted by atomic mass is 32.1. The summed E-state index contributed by atoms with van der Waals surface area (Å²) in [5.41, 5.74) is 14.2. The molecule has 0 bridgehead atoms. The summed E-state index contributed by atoms with van der Waals surface area (Å²) in [6.07, 6.45) is 22.7. The molecule has 34 heavy (non-hydrogen) atoms. The number of allylic oxidation sites excluding steroid dienone is 4. The second kappa shape index (κ2) is 10.1. The molecular weight excluding hydrogens is 434 g/mol. The van der Waals surface area contributed by atoms with Gasteiger partial charge in [-0.3, -0.25) is 5.43 Å². The van der Waals surface area contributed by atoms with Crippen molar-refractivity contribution in [3.8, 4) is 0 Å². The highest BCUT2D eigenvalue weighted by Gasteiger charge is 2.60. The van der Waals surface area contributed by atoms with Crippen molar-refractivity contribution >= 4 is 23.0 Å². The standard InChI is InChI=1S/C30H49N3S/c1-6-7-8-9-10-11-12-22-15-19-30(5)25-14-13-23-21(2)26(32-33-27(31)34)17-18-28(23,3)24(25)16-20-29(22,30)4/h14,16,21-23H,6-13,15,17-20H2,1-5H3,(H3,31,33,34)/b32-26+/t21-,22-,23-,28-,29+,30-/m0/s1. The van der Waals surface area contributed by atoms with Crippen molar-refractivity contribution in [2.75, 3.05) is 0 Å². The molecule has 0 aromatic heterocycles. The van der Waals surface area contributed by atoms with Gasteiger partial charge in [0.2, 0.25) is 0 Å². The number of hydrogen-bond acceptors (Lipinski definition) is 2. The van der Waals surface area contributed by atoms with E-state index >= 15 is 0 Å². The molecule has 3 N–H and O–H groups in total. The highest BCUT2D eigenvalue weighted by Crippen LogP contribution is 2.70. The molecule has 0 heterocycles. The molecule has 4 rings (SSSR count). The average Bonchev–Trinajstić information content (AvgIpc) is 3.06. The monoisotopic (exact) mass is 483 g/mol. The van der Waals surface area contributed by atoms with Crippen molar-refractivity contribution in [1.82, 2.24) is 5.43 Å². The van der Waals surface area contributed by atoms with Gasteiger partial charge >= 0.3 is 0 Å². The fourth-order valence-corrected chi connectivity index (χ4v) is 8.54. The SMILES string of the molecule is CCCCCCCC[C@H]1CC[C@@]2(C)C3=CC[C@H]4[C@H](C)/C(=N/NC(N)=S)CC[C@]4(C)C3=CC[C@]12C. The minimum Gasteiger partial charge on any atom is -0.375 e. The summed E-state index contributed by atoms with van der Waals surface area (Å²) in [5, 5.41) is 4.85. The minimum atomic E-state index is 0.257. The normalized spacial score (nSPS) is 40.1. The van der Waals surface area contributed by atoms with E-state index in [-0.39, 0.29) is 10.5 Å². The van der Waals surface area contributed by atoms with Crippen LogP contribution in [0.4, 0.5) is 0 Å². The van der Waals surface area contributed by atoms with Crippen LogP contribution >= 0.6 is 12.2 Å². The second-order valence-corrected chi connectivity index (χ2v) is 13.0. The quantitative estimate of drug-likeness (QED) is 0.208. The number of rotatable bonds is 8. The first-order valence-electron chi connectivity index (χ1n) is 14.2. The van der Waals surface area contributed by atoms with Gasteiger partial charge in [0.1, 0.15) is 0 Å². The highest BCUT2D eigenvalue weighted by molar-refractivity contribution is 7.80. The molecule has 0 saturated heterocycles. The zero-order valence-corrected chi connectivity index (χ0v) is 23.3. The number of nitrogens with one attached hydrogen (secondary N) is 1. The van der Waals surface area contributed by atoms with Crippen LogP contribution in [0, 0.1) is 34.0 Å². The van der Waals surface area contributed by atoms with E-state index in [1.165, 1.54) is 82.8 Å². The predicted octanol–water partition coefficient (Wildman–Crippen LogP) is 8.06. The molecular formula is C30H49N3S. The molecule has 0 radical (unpaired) electrons. The first-order valence-corrected chi connectivity index (χ1v) is 14.6. The molecule has 0 amide bonds.